The van der Waals surface area contributed by atoms with Crippen LogP contribution in [0.4, 0.5) is 5.69 Å². The molecule has 0 atom stereocenters. The Hall–Kier alpha value is -2.86. The first kappa shape index (κ1) is 19.9. The topological polar surface area (TPSA) is 78.5 Å². The van der Waals surface area contributed by atoms with Crippen LogP contribution in [0, 0.1) is 5.92 Å². The van der Waals surface area contributed by atoms with E-state index in [0.717, 1.165) is 0 Å². The van der Waals surface area contributed by atoms with Crippen molar-refractivity contribution in [2.45, 2.75) is 12.8 Å². The normalized spacial score (nSPS) is 14.4. The number of likely N-dealkylation sites (tertiary alicyclic amines) is 1. The number of nitrogens with zero attached hydrogens (tertiary/aromatic N) is 1. The maximum atomic E-state index is 12.7. The number of hydrogen-bond donors (Lipinski definition) is 2. The lowest BCUT2D eigenvalue weighted by Gasteiger charge is -2.31. The van der Waals surface area contributed by atoms with Crippen LogP contribution in [0.15, 0.2) is 48.5 Å². The number of amides is 3. The summed E-state index contributed by atoms with van der Waals surface area (Å²) in [5, 5.41) is 5.82. The summed E-state index contributed by atoms with van der Waals surface area (Å²) in [6, 6.07) is 13.6. The number of nitrogens with one attached hydrogen (secondary N) is 2. The number of anilines is 1. The molecule has 1 aliphatic heterocycles. The Morgan fingerprint density at radius 3 is 2.25 bits per heavy atom. The highest BCUT2D eigenvalue weighted by molar-refractivity contribution is 6.34. The van der Waals surface area contributed by atoms with Gasteiger partial charge in [0.2, 0.25) is 5.91 Å². The van der Waals surface area contributed by atoms with Crippen LogP contribution in [0.25, 0.3) is 0 Å². The van der Waals surface area contributed by atoms with E-state index in [2.05, 4.69) is 10.6 Å². The molecule has 1 heterocycles. The summed E-state index contributed by atoms with van der Waals surface area (Å²) in [6.45, 7) is 1.11. The SMILES string of the molecule is CNC(=O)C1CCN(C(=O)c2ccc(NC(=O)c3ccccc3Cl)cc2)CC1. The lowest BCUT2D eigenvalue weighted by molar-refractivity contribution is -0.125. The van der Waals surface area contributed by atoms with Gasteiger partial charge in [-0.15, -0.1) is 0 Å². The molecule has 28 heavy (non-hydrogen) atoms. The molecule has 0 unspecified atom stereocenters. The first-order valence-corrected chi connectivity index (χ1v) is 9.54. The average molecular weight is 400 g/mol. The van der Waals surface area contributed by atoms with E-state index in [9.17, 15) is 14.4 Å². The summed E-state index contributed by atoms with van der Waals surface area (Å²) in [5.41, 5.74) is 1.53. The number of hydrogen-bond acceptors (Lipinski definition) is 3. The van der Waals surface area contributed by atoms with Crippen molar-refractivity contribution in [2.24, 2.45) is 5.92 Å². The quantitative estimate of drug-likeness (QED) is 0.828. The molecule has 1 fully saturated rings. The molecule has 1 saturated heterocycles. The molecule has 0 aliphatic carbocycles. The molecule has 6 nitrogen and oxygen atoms in total. The Balaban J connectivity index is 1.60. The van der Waals surface area contributed by atoms with E-state index in [4.69, 9.17) is 11.6 Å². The summed E-state index contributed by atoms with van der Waals surface area (Å²) < 4.78 is 0. The minimum Gasteiger partial charge on any atom is -0.359 e. The Morgan fingerprint density at radius 1 is 1.00 bits per heavy atom. The molecule has 2 aromatic carbocycles. The zero-order valence-electron chi connectivity index (χ0n) is 15.6. The van der Waals surface area contributed by atoms with Crippen molar-refractivity contribution < 1.29 is 14.4 Å². The fraction of sp³-hybridized carbons (Fsp3) is 0.286. The lowest BCUT2D eigenvalue weighted by atomic mass is 9.95. The van der Waals surface area contributed by atoms with E-state index in [1.165, 1.54) is 0 Å². The predicted octanol–water partition coefficient (Wildman–Crippen LogP) is 3.19. The van der Waals surface area contributed by atoms with E-state index < -0.39 is 0 Å². The number of halogens is 1. The Bertz CT molecular complexity index is 875. The summed E-state index contributed by atoms with van der Waals surface area (Å²) in [5.74, 6) is -0.373. The lowest BCUT2D eigenvalue weighted by Crippen LogP contribution is -2.42. The van der Waals surface area contributed by atoms with Gasteiger partial charge in [-0.3, -0.25) is 14.4 Å². The minimum atomic E-state index is -0.305. The van der Waals surface area contributed by atoms with Gasteiger partial charge in [0.05, 0.1) is 10.6 Å². The van der Waals surface area contributed by atoms with Crippen molar-refractivity contribution in [3.8, 4) is 0 Å². The van der Waals surface area contributed by atoms with Crippen molar-refractivity contribution >= 4 is 35.0 Å². The van der Waals surface area contributed by atoms with Gasteiger partial charge in [0, 0.05) is 37.3 Å². The highest BCUT2D eigenvalue weighted by Gasteiger charge is 2.27. The Labute approximate surface area is 168 Å². The fourth-order valence-corrected chi connectivity index (χ4v) is 3.49. The van der Waals surface area contributed by atoms with Crippen molar-refractivity contribution in [1.29, 1.82) is 0 Å². The van der Waals surface area contributed by atoms with Gasteiger partial charge < -0.3 is 15.5 Å². The zero-order chi connectivity index (χ0) is 20.1. The number of carbonyl (C=O) groups is 3. The molecule has 0 saturated carbocycles. The van der Waals surface area contributed by atoms with Crippen LogP contribution < -0.4 is 10.6 Å². The molecule has 3 rings (SSSR count). The van der Waals surface area contributed by atoms with Crippen molar-refractivity contribution in [3.63, 3.8) is 0 Å². The van der Waals surface area contributed by atoms with E-state index in [0.29, 0.717) is 47.8 Å². The standard InChI is InChI=1S/C21H22ClN3O3/c1-23-19(26)14-10-12-25(13-11-14)21(28)15-6-8-16(9-7-15)24-20(27)17-4-2-3-5-18(17)22/h2-9,14H,10-13H2,1H3,(H,23,26)(H,24,27). The first-order chi connectivity index (χ1) is 13.5. The van der Waals surface area contributed by atoms with E-state index in [1.54, 1.807) is 60.5 Å². The van der Waals surface area contributed by atoms with Crippen LogP contribution in [0.1, 0.15) is 33.6 Å². The second-order valence-corrected chi connectivity index (χ2v) is 7.10. The summed E-state index contributed by atoms with van der Waals surface area (Å²) >= 11 is 6.04. The van der Waals surface area contributed by atoms with E-state index in [-0.39, 0.29) is 23.6 Å². The van der Waals surface area contributed by atoms with Crippen LogP contribution in [0.2, 0.25) is 5.02 Å². The fourth-order valence-electron chi connectivity index (χ4n) is 3.27. The molecule has 0 bridgehead atoms. The van der Waals surface area contributed by atoms with Crippen LogP contribution in [-0.2, 0) is 4.79 Å². The largest absolute Gasteiger partial charge is 0.359 e. The highest BCUT2D eigenvalue weighted by atomic mass is 35.5. The zero-order valence-corrected chi connectivity index (χ0v) is 16.3. The third-order valence-electron chi connectivity index (χ3n) is 4.91. The number of carbonyl (C=O) groups excluding carboxylic acids is 3. The Kier molecular flexibility index (Phi) is 6.31. The molecule has 3 amide bonds. The maximum absolute atomic E-state index is 12.7. The molecular weight excluding hydrogens is 378 g/mol. The summed E-state index contributed by atoms with van der Waals surface area (Å²) in [6.07, 6.45) is 1.33. The molecule has 2 N–H and O–H groups in total. The second kappa shape index (κ2) is 8.89. The van der Waals surface area contributed by atoms with Gasteiger partial charge in [-0.1, -0.05) is 23.7 Å². The van der Waals surface area contributed by atoms with Crippen molar-refractivity contribution in [2.75, 3.05) is 25.5 Å². The van der Waals surface area contributed by atoms with Crippen LogP contribution >= 0.6 is 11.6 Å². The van der Waals surface area contributed by atoms with Gasteiger partial charge in [-0.05, 0) is 49.2 Å². The molecule has 0 aromatic heterocycles. The van der Waals surface area contributed by atoms with Gasteiger partial charge in [0.15, 0.2) is 0 Å². The third kappa shape index (κ3) is 4.51. The third-order valence-corrected chi connectivity index (χ3v) is 5.24. The van der Waals surface area contributed by atoms with Crippen LogP contribution in [0.5, 0.6) is 0 Å². The molecule has 0 radical (unpaired) electrons. The summed E-state index contributed by atoms with van der Waals surface area (Å²) in [4.78, 5) is 38.4. The highest BCUT2D eigenvalue weighted by Crippen LogP contribution is 2.21. The maximum Gasteiger partial charge on any atom is 0.257 e. The molecule has 1 aliphatic rings. The molecular formula is C21H22ClN3O3. The number of piperidine rings is 1. The van der Waals surface area contributed by atoms with Crippen LogP contribution in [-0.4, -0.2) is 42.8 Å². The predicted molar refractivity (Wildman–Crippen MR) is 109 cm³/mol. The minimum absolute atomic E-state index is 0.0311. The van der Waals surface area contributed by atoms with Gasteiger partial charge in [0.1, 0.15) is 0 Å². The van der Waals surface area contributed by atoms with Gasteiger partial charge >= 0.3 is 0 Å². The van der Waals surface area contributed by atoms with Crippen molar-refractivity contribution in [3.05, 3.63) is 64.7 Å². The number of benzene rings is 2. The van der Waals surface area contributed by atoms with E-state index >= 15 is 0 Å². The number of rotatable bonds is 4. The van der Waals surface area contributed by atoms with Gasteiger partial charge in [-0.25, -0.2) is 0 Å². The molecule has 2 aromatic rings. The van der Waals surface area contributed by atoms with Gasteiger partial charge in [0.25, 0.3) is 11.8 Å². The van der Waals surface area contributed by atoms with Crippen molar-refractivity contribution in [1.82, 2.24) is 10.2 Å². The monoisotopic (exact) mass is 399 g/mol. The molecule has 7 heteroatoms. The summed E-state index contributed by atoms with van der Waals surface area (Å²) in [7, 11) is 1.63. The first-order valence-electron chi connectivity index (χ1n) is 9.16. The smallest absolute Gasteiger partial charge is 0.257 e. The Morgan fingerprint density at radius 2 is 1.64 bits per heavy atom. The second-order valence-electron chi connectivity index (χ2n) is 6.69. The van der Waals surface area contributed by atoms with Gasteiger partial charge in [-0.2, -0.15) is 0 Å². The molecule has 146 valence electrons. The van der Waals surface area contributed by atoms with E-state index in [1.807, 2.05) is 0 Å². The van der Waals surface area contributed by atoms with Crippen LogP contribution in [0.3, 0.4) is 0 Å². The molecule has 0 spiro atoms. The average Bonchev–Trinajstić information content (AvgIpc) is 2.73.